The molecule has 5 heteroatoms. The number of furan rings is 1. The van der Waals surface area contributed by atoms with Crippen molar-refractivity contribution in [3.8, 4) is 0 Å². The summed E-state index contributed by atoms with van der Waals surface area (Å²) in [6.45, 7) is 6.11. The number of aliphatic hydroxyl groups is 1. The maximum atomic E-state index is 12.1. The zero-order chi connectivity index (χ0) is 14.0. The predicted molar refractivity (Wildman–Crippen MR) is 69.6 cm³/mol. The second kappa shape index (κ2) is 5.25. The fraction of sp³-hybridized carbons (Fsp3) is 0.643. The number of hydrogen-bond acceptors (Lipinski definition) is 4. The number of nitrogens with zero attached hydrogens (tertiary/aromatic N) is 1. The second-order valence-electron chi connectivity index (χ2n) is 5.84. The molecule has 2 rings (SSSR count). The van der Waals surface area contributed by atoms with Crippen molar-refractivity contribution in [3.05, 3.63) is 24.2 Å². The summed E-state index contributed by atoms with van der Waals surface area (Å²) in [5.41, 5.74) is -0.528. The molecular formula is C14H21NO4. The van der Waals surface area contributed by atoms with Crippen LogP contribution in [0.5, 0.6) is 0 Å². The third-order valence-corrected chi connectivity index (χ3v) is 3.13. The van der Waals surface area contributed by atoms with Crippen molar-refractivity contribution >= 4 is 6.09 Å². The molecule has 1 aliphatic rings. The molecule has 1 aromatic rings. The Balaban J connectivity index is 2.06. The van der Waals surface area contributed by atoms with Gasteiger partial charge in [0.25, 0.3) is 0 Å². The molecule has 5 nitrogen and oxygen atoms in total. The minimum Gasteiger partial charge on any atom is -0.467 e. The van der Waals surface area contributed by atoms with Gasteiger partial charge in [0.2, 0.25) is 0 Å². The smallest absolute Gasteiger partial charge is 0.410 e. The lowest BCUT2D eigenvalue weighted by atomic mass is 10.1. The van der Waals surface area contributed by atoms with E-state index in [2.05, 4.69) is 0 Å². The van der Waals surface area contributed by atoms with Crippen LogP contribution in [-0.2, 0) is 4.74 Å². The maximum Gasteiger partial charge on any atom is 0.410 e. The van der Waals surface area contributed by atoms with Crippen LogP contribution >= 0.6 is 0 Å². The van der Waals surface area contributed by atoms with E-state index in [0.717, 1.165) is 12.8 Å². The summed E-state index contributed by atoms with van der Waals surface area (Å²) < 4.78 is 10.6. The molecule has 106 valence electrons. The summed E-state index contributed by atoms with van der Waals surface area (Å²) in [6, 6.07) is 3.17. The van der Waals surface area contributed by atoms with E-state index in [-0.39, 0.29) is 12.1 Å². The third kappa shape index (κ3) is 3.29. The second-order valence-corrected chi connectivity index (χ2v) is 5.84. The van der Waals surface area contributed by atoms with Crippen LogP contribution in [-0.4, -0.2) is 34.3 Å². The number of aliphatic hydroxyl groups excluding tert-OH is 1. The Labute approximate surface area is 113 Å². The van der Waals surface area contributed by atoms with Crippen molar-refractivity contribution in [2.45, 2.75) is 51.4 Å². The first-order chi connectivity index (χ1) is 8.88. The molecule has 2 atom stereocenters. The third-order valence-electron chi connectivity index (χ3n) is 3.13. The topological polar surface area (TPSA) is 62.9 Å². The van der Waals surface area contributed by atoms with Gasteiger partial charge in [-0.25, -0.2) is 4.79 Å². The quantitative estimate of drug-likeness (QED) is 0.895. The SMILES string of the molecule is CC(C)(C)OC(=O)N1CCCC1C(O)c1ccco1. The molecule has 1 N–H and O–H groups in total. The molecule has 2 unspecified atom stereocenters. The van der Waals surface area contributed by atoms with E-state index in [0.29, 0.717) is 12.3 Å². The first kappa shape index (κ1) is 13.9. The predicted octanol–water partition coefficient (Wildman–Crippen LogP) is 2.71. The number of rotatable bonds is 2. The first-order valence-corrected chi connectivity index (χ1v) is 6.59. The van der Waals surface area contributed by atoms with Crippen LogP contribution in [0.15, 0.2) is 22.8 Å². The molecule has 0 radical (unpaired) electrons. The number of likely N-dealkylation sites (tertiary alicyclic amines) is 1. The molecule has 2 heterocycles. The molecule has 0 spiro atoms. The Morgan fingerprint density at radius 2 is 2.32 bits per heavy atom. The number of ether oxygens (including phenoxy) is 1. The Morgan fingerprint density at radius 3 is 2.89 bits per heavy atom. The summed E-state index contributed by atoms with van der Waals surface area (Å²) in [5.74, 6) is 0.487. The van der Waals surface area contributed by atoms with Crippen LogP contribution in [0.3, 0.4) is 0 Å². The highest BCUT2D eigenvalue weighted by atomic mass is 16.6. The van der Waals surface area contributed by atoms with Crippen molar-refractivity contribution in [1.29, 1.82) is 0 Å². The standard InChI is InChI=1S/C14H21NO4/c1-14(2,3)19-13(17)15-8-4-6-10(15)12(16)11-7-5-9-18-11/h5,7,9-10,12,16H,4,6,8H2,1-3H3. The molecule has 0 saturated carbocycles. The van der Waals surface area contributed by atoms with Crippen molar-refractivity contribution in [1.82, 2.24) is 4.90 Å². The van der Waals surface area contributed by atoms with Crippen LogP contribution in [0.25, 0.3) is 0 Å². The highest BCUT2D eigenvalue weighted by molar-refractivity contribution is 5.69. The van der Waals surface area contributed by atoms with E-state index in [4.69, 9.17) is 9.15 Å². The lowest BCUT2D eigenvalue weighted by molar-refractivity contribution is 0.00130. The summed E-state index contributed by atoms with van der Waals surface area (Å²) in [6.07, 6.45) is 1.96. The minimum absolute atomic E-state index is 0.277. The average Bonchev–Trinajstić information content (AvgIpc) is 2.97. The van der Waals surface area contributed by atoms with Gasteiger partial charge >= 0.3 is 6.09 Å². The maximum absolute atomic E-state index is 12.1. The summed E-state index contributed by atoms with van der Waals surface area (Å²) in [5, 5.41) is 10.3. The molecule has 19 heavy (non-hydrogen) atoms. The van der Waals surface area contributed by atoms with Crippen LogP contribution < -0.4 is 0 Å². The molecule has 0 aromatic carbocycles. The van der Waals surface area contributed by atoms with Gasteiger partial charge in [-0.15, -0.1) is 0 Å². The van der Waals surface area contributed by atoms with Gasteiger partial charge in [-0.2, -0.15) is 0 Å². The lowest BCUT2D eigenvalue weighted by Crippen LogP contribution is -2.42. The Bertz CT molecular complexity index is 421. The molecule has 1 aromatic heterocycles. The van der Waals surface area contributed by atoms with E-state index >= 15 is 0 Å². The van der Waals surface area contributed by atoms with Crippen LogP contribution in [0.2, 0.25) is 0 Å². The first-order valence-electron chi connectivity index (χ1n) is 6.59. The van der Waals surface area contributed by atoms with Gasteiger partial charge < -0.3 is 19.2 Å². The van der Waals surface area contributed by atoms with Crippen molar-refractivity contribution in [3.63, 3.8) is 0 Å². The lowest BCUT2D eigenvalue weighted by Gasteiger charge is -2.30. The van der Waals surface area contributed by atoms with Crippen LogP contribution in [0, 0.1) is 0 Å². The van der Waals surface area contributed by atoms with E-state index in [1.807, 2.05) is 20.8 Å². The fourth-order valence-electron chi connectivity index (χ4n) is 2.32. The molecule has 1 aliphatic heterocycles. The molecule has 1 saturated heterocycles. The molecule has 1 amide bonds. The zero-order valence-corrected chi connectivity index (χ0v) is 11.6. The normalized spacial score (nSPS) is 21.5. The monoisotopic (exact) mass is 267 g/mol. The van der Waals surface area contributed by atoms with E-state index < -0.39 is 11.7 Å². The number of amides is 1. The highest BCUT2D eigenvalue weighted by Gasteiger charge is 2.37. The summed E-state index contributed by atoms with van der Waals surface area (Å²) in [7, 11) is 0. The van der Waals surface area contributed by atoms with Gasteiger partial charge in [-0.1, -0.05) is 0 Å². The Hall–Kier alpha value is -1.49. The van der Waals surface area contributed by atoms with Gasteiger partial charge in [0.1, 0.15) is 17.5 Å². The molecular weight excluding hydrogens is 246 g/mol. The van der Waals surface area contributed by atoms with Gasteiger partial charge in [-0.05, 0) is 45.7 Å². The summed E-state index contributed by atoms with van der Waals surface area (Å²) in [4.78, 5) is 13.7. The van der Waals surface area contributed by atoms with Gasteiger partial charge in [0.15, 0.2) is 0 Å². The zero-order valence-electron chi connectivity index (χ0n) is 11.6. The summed E-state index contributed by atoms with van der Waals surface area (Å²) >= 11 is 0. The number of carbonyl (C=O) groups is 1. The van der Waals surface area contributed by atoms with Crippen LogP contribution in [0.1, 0.15) is 45.5 Å². The Morgan fingerprint density at radius 1 is 1.58 bits per heavy atom. The van der Waals surface area contributed by atoms with E-state index in [1.54, 1.807) is 17.0 Å². The number of hydrogen-bond donors (Lipinski definition) is 1. The minimum atomic E-state index is -0.801. The van der Waals surface area contributed by atoms with Crippen molar-refractivity contribution < 1.29 is 19.1 Å². The van der Waals surface area contributed by atoms with Gasteiger partial charge in [0.05, 0.1) is 12.3 Å². The molecule has 0 bridgehead atoms. The van der Waals surface area contributed by atoms with Crippen LogP contribution in [0.4, 0.5) is 4.79 Å². The van der Waals surface area contributed by atoms with E-state index in [9.17, 15) is 9.90 Å². The van der Waals surface area contributed by atoms with Crippen molar-refractivity contribution in [2.24, 2.45) is 0 Å². The van der Waals surface area contributed by atoms with Crippen molar-refractivity contribution in [2.75, 3.05) is 6.54 Å². The molecule has 0 aliphatic carbocycles. The van der Waals surface area contributed by atoms with Gasteiger partial charge in [-0.3, -0.25) is 0 Å². The highest BCUT2D eigenvalue weighted by Crippen LogP contribution is 2.30. The largest absolute Gasteiger partial charge is 0.467 e. The van der Waals surface area contributed by atoms with E-state index in [1.165, 1.54) is 6.26 Å². The molecule has 1 fully saturated rings. The fourth-order valence-corrected chi connectivity index (χ4v) is 2.32. The van der Waals surface area contributed by atoms with Gasteiger partial charge in [0, 0.05) is 6.54 Å². The Kier molecular flexibility index (Phi) is 3.85. The number of carbonyl (C=O) groups excluding carboxylic acids is 1. The average molecular weight is 267 g/mol.